The smallest absolute Gasteiger partial charge is 0.426 e. The Hall–Kier alpha value is -1.30. The molecule has 5 nitrogen and oxygen atoms in total. The van der Waals surface area contributed by atoms with Crippen LogP contribution in [0.1, 0.15) is 133 Å². The summed E-state index contributed by atoms with van der Waals surface area (Å²) in [6.07, 6.45) is 9.17. The highest BCUT2D eigenvalue weighted by Crippen LogP contribution is 2.62. The highest BCUT2D eigenvalue weighted by atomic mass is 35.5. The maximum Gasteiger partial charge on any atom is 0.453 e. The Morgan fingerprint density at radius 1 is 0.941 bits per heavy atom. The number of esters is 1. The summed E-state index contributed by atoms with van der Waals surface area (Å²) in [4.78, 5) is 15.0. The third kappa shape index (κ3) is 10.9. The maximum atomic E-state index is 13.0. The number of alkyl halides is 5. The molecule has 7 atom stereocenters. The Morgan fingerprint density at radius 2 is 1.61 bits per heavy atom. The Bertz CT molecular complexity index is 1290. The molecule has 1 N–H and O–H groups in total. The van der Waals surface area contributed by atoms with Gasteiger partial charge in [0.05, 0.1) is 12.6 Å². The quantitative estimate of drug-likeness (QED) is 0.0741. The van der Waals surface area contributed by atoms with Crippen LogP contribution in [-0.2, 0) is 22.0 Å². The first kappa shape index (κ1) is 42.4. The van der Waals surface area contributed by atoms with Crippen molar-refractivity contribution in [2.45, 2.75) is 147 Å². The second kappa shape index (κ2) is 18.8. The fourth-order valence-corrected chi connectivity index (χ4v) is 11.0. The molecule has 1 unspecified atom stereocenters. The van der Waals surface area contributed by atoms with Gasteiger partial charge in [-0.3, -0.25) is 13.9 Å². The van der Waals surface area contributed by atoms with E-state index in [1.165, 1.54) is 17.5 Å². The Labute approximate surface area is 310 Å². The number of carbonyl (C=O) groups is 1. The second-order valence-electron chi connectivity index (χ2n) is 16.0. The lowest BCUT2D eigenvalue weighted by atomic mass is 9.52. The van der Waals surface area contributed by atoms with E-state index in [1.54, 1.807) is 0 Å². The van der Waals surface area contributed by atoms with E-state index in [-0.39, 0.29) is 35.6 Å². The molecule has 1 aliphatic heterocycles. The highest BCUT2D eigenvalue weighted by Gasteiger charge is 2.57. The molecule has 0 bridgehead atoms. The van der Waals surface area contributed by atoms with Crippen molar-refractivity contribution in [2.75, 3.05) is 31.1 Å². The Morgan fingerprint density at radius 3 is 2.31 bits per heavy atom. The van der Waals surface area contributed by atoms with E-state index in [2.05, 4.69) is 24.0 Å². The van der Waals surface area contributed by atoms with Crippen molar-refractivity contribution in [3.63, 3.8) is 0 Å². The van der Waals surface area contributed by atoms with Crippen molar-refractivity contribution in [1.29, 1.82) is 0 Å². The molecule has 0 aromatic heterocycles. The number of aliphatic hydroxyl groups excluding tert-OH is 1. The van der Waals surface area contributed by atoms with Crippen LogP contribution >= 0.6 is 12.4 Å². The topological polar surface area (TPSA) is 66.8 Å². The summed E-state index contributed by atoms with van der Waals surface area (Å²) in [6.45, 7) is 4.55. The molecule has 51 heavy (non-hydrogen) atoms. The number of rotatable bonds is 17. The number of nitrogens with zero attached hydrogens (tertiary/aromatic N) is 1. The van der Waals surface area contributed by atoms with Crippen molar-refractivity contribution < 1.29 is 40.8 Å². The number of benzene rings is 1. The van der Waals surface area contributed by atoms with Gasteiger partial charge in [-0.1, -0.05) is 57.9 Å². The van der Waals surface area contributed by atoms with Crippen LogP contribution in [0.15, 0.2) is 18.2 Å². The molecule has 5 rings (SSSR count). The van der Waals surface area contributed by atoms with E-state index in [9.17, 15) is 36.1 Å². The largest absolute Gasteiger partial charge is 0.453 e. The zero-order chi connectivity index (χ0) is 35.9. The monoisotopic (exact) mass is 767 g/mol. The summed E-state index contributed by atoms with van der Waals surface area (Å²) in [5, 5.41) is 11.0. The van der Waals surface area contributed by atoms with Gasteiger partial charge in [-0.05, 0) is 130 Å². The lowest BCUT2D eigenvalue weighted by Gasteiger charge is -2.53. The van der Waals surface area contributed by atoms with Crippen LogP contribution in [-0.4, -0.2) is 69.5 Å². The van der Waals surface area contributed by atoms with E-state index in [0.717, 1.165) is 103 Å². The van der Waals surface area contributed by atoms with Crippen LogP contribution in [0.5, 0.6) is 5.75 Å². The molecule has 3 fully saturated rings. The lowest BCUT2D eigenvalue weighted by Crippen LogP contribution is -2.47. The molecule has 3 aliphatic carbocycles. The van der Waals surface area contributed by atoms with Crippen molar-refractivity contribution in [2.24, 2.45) is 23.2 Å². The normalized spacial score (nSPS) is 28.6. The molecule has 2 saturated carbocycles. The number of piperidine rings is 1. The van der Waals surface area contributed by atoms with Gasteiger partial charge in [0, 0.05) is 28.7 Å². The predicted octanol–water partition coefficient (Wildman–Crippen LogP) is 9.79. The summed E-state index contributed by atoms with van der Waals surface area (Å²) in [7, 11) is -1.37. The van der Waals surface area contributed by atoms with E-state index >= 15 is 0 Å². The molecule has 0 radical (unpaired) electrons. The number of fused-ring (bicyclic) bond motifs is 5. The molecule has 12 heteroatoms. The molecule has 292 valence electrons. The summed E-state index contributed by atoms with van der Waals surface area (Å²) in [6, 6.07) is 6.32. The molecular weight excluding hydrogens is 709 g/mol. The lowest BCUT2D eigenvalue weighted by molar-refractivity contribution is -0.284. The number of aliphatic hydroxyl groups is 1. The van der Waals surface area contributed by atoms with E-state index in [0.29, 0.717) is 48.1 Å². The Balaban J connectivity index is 0.00000583. The zero-order valence-corrected chi connectivity index (χ0v) is 31.8. The van der Waals surface area contributed by atoms with Crippen LogP contribution in [0.25, 0.3) is 0 Å². The minimum atomic E-state index is -5.55. The summed E-state index contributed by atoms with van der Waals surface area (Å²) < 4.78 is 80.9. The highest BCUT2D eigenvalue weighted by molar-refractivity contribution is 7.84. The summed E-state index contributed by atoms with van der Waals surface area (Å²) in [5.74, 6) is -1.99. The number of halogens is 6. The fourth-order valence-electron chi connectivity index (χ4n) is 9.80. The predicted molar refractivity (Wildman–Crippen MR) is 194 cm³/mol. The average molecular weight is 768 g/mol. The third-order valence-corrected chi connectivity index (χ3v) is 14.1. The first-order chi connectivity index (χ1) is 23.8. The van der Waals surface area contributed by atoms with Gasteiger partial charge in [0.1, 0.15) is 5.75 Å². The van der Waals surface area contributed by atoms with Crippen LogP contribution in [0.2, 0.25) is 0 Å². The van der Waals surface area contributed by atoms with E-state index in [4.69, 9.17) is 4.74 Å². The van der Waals surface area contributed by atoms with Crippen LogP contribution in [0.3, 0.4) is 0 Å². The fraction of sp³-hybridized carbons (Fsp3) is 0.821. The molecule has 0 amide bonds. The van der Waals surface area contributed by atoms with Gasteiger partial charge in [-0.2, -0.15) is 22.0 Å². The van der Waals surface area contributed by atoms with Gasteiger partial charge in [0.15, 0.2) is 0 Å². The van der Waals surface area contributed by atoms with Gasteiger partial charge >= 0.3 is 18.1 Å². The van der Waals surface area contributed by atoms with Crippen molar-refractivity contribution in [1.82, 2.24) is 4.90 Å². The van der Waals surface area contributed by atoms with Crippen molar-refractivity contribution in [3.8, 4) is 5.75 Å². The standard InChI is InChI=1S/C39H58F5NO4S.ClH/c1-37-20-18-32-31-15-14-30(49-35(47)27-45-21-9-7-10-22-45)26-29(31)25-28(36(32)33(37)16-17-34(37)46)13-8-5-3-2-4-6-11-23-50(48)24-12-19-38(40,41)39(42,43)44;/h14-15,26,28,32-34,36,46H,2-13,16-25,27H2,1H3;1H/t28-,32-,33+,34+,36-,37+,50?;/m1./s1. The Kier molecular flexibility index (Phi) is 15.7. The van der Waals surface area contributed by atoms with Crippen molar-refractivity contribution in [3.05, 3.63) is 29.3 Å². The summed E-state index contributed by atoms with van der Waals surface area (Å²) in [5.41, 5.74) is 2.71. The first-order valence-electron chi connectivity index (χ1n) is 19.3. The van der Waals surface area contributed by atoms with Gasteiger partial charge in [-0.15, -0.1) is 12.4 Å². The maximum absolute atomic E-state index is 13.0. The molecule has 0 spiro atoms. The third-order valence-electron chi connectivity index (χ3n) is 12.6. The number of carbonyl (C=O) groups excluding carboxylic acids is 1. The number of likely N-dealkylation sites (tertiary alicyclic amines) is 1. The van der Waals surface area contributed by atoms with Crippen LogP contribution < -0.4 is 4.74 Å². The van der Waals surface area contributed by atoms with E-state index < -0.39 is 35.7 Å². The number of hydrogen-bond acceptors (Lipinski definition) is 5. The number of hydrogen-bond donors (Lipinski definition) is 1. The van der Waals surface area contributed by atoms with Gasteiger partial charge in [0.2, 0.25) is 0 Å². The number of ether oxygens (including phenoxy) is 1. The van der Waals surface area contributed by atoms with Gasteiger partial charge in [0.25, 0.3) is 0 Å². The van der Waals surface area contributed by atoms with Gasteiger partial charge in [-0.25, -0.2) is 0 Å². The SMILES string of the molecule is C[C@]12CC[C@@H]3c4ccc(OC(=O)CN5CCCCC5)cc4C[C@@H](CCCCCCCCCS(=O)CCCC(F)(F)C(F)(F)F)[C@H]3[C@@H]1CC[C@@H]2O.Cl. The molecule has 1 saturated heterocycles. The first-order valence-corrected chi connectivity index (χ1v) is 20.8. The molecule has 1 aromatic carbocycles. The second-order valence-corrected chi connectivity index (χ2v) is 17.7. The molecule has 1 aromatic rings. The van der Waals surface area contributed by atoms with Crippen LogP contribution in [0.4, 0.5) is 22.0 Å². The summed E-state index contributed by atoms with van der Waals surface area (Å²) >= 11 is 0. The van der Waals surface area contributed by atoms with Gasteiger partial charge < -0.3 is 9.84 Å². The number of unbranched alkanes of at least 4 members (excludes halogenated alkanes) is 6. The van der Waals surface area contributed by atoms with Crippen LogP contribution in [0, 0.1) is 23.2 Å². The molecular formula is C39H59ClF5NO4S. The minimum absolute atomic E-state index is 0. The zero-order valence-electron chi connectivity index (χ0n) is 30.2. The average Bonchev–Trinajstić information content (AvgIpc) is 3.37. The molecule has 4 aliphatic rings. The van der Waals surface area contributed by atoms with Crippen molar-refractivity contribution >= 4 is 29.2 Å². The molecule has 1 heterocycles. The minimum Gasteiger partial charge on any atom is -0.426 e. The van der Waals surface area contributed by atoms with E-state index in [1.807, 2.05) is 6.07 Å².